The maximum atomic E-state index is 12.2. The van der Waals surface area contributed by atoms with Gasteiger partial charge in [-0.2, -0.15) is 0 Å². The van der Waals surface area contributed by atoms with Gasteiger partial charge in [-0.15, -0.1) is 12.4 Å². The highest BCUT2D eigenvalue weighted by Gasteiger charge is 2.21. The lowest BCUT2D eigenvalue weighted by molar-refractivity contribution is -0.128. The molecule has 0 bridgehead atoms. The number of hydrogen-bond donors (Lipinski definition) is 2. The van der Waals surface area contributed by atoms with E-state index in [0.717, 1.165) is 31.7 Å². The van der Waals surface area contributed by atoms with Crippen LogP contribution in [0, 0.1) is 0 Å². The molecule has 0 aromatic heterocycles. The first kappa shape index (κ1) is 19.8. The number of amides is 1. The van der Waals surface area contributed by atoms with Gasteiger partial charge in [0.25, 0.3) is 5.91 Å². The normalized spacial score (nSPS) is 19.4. The van der Waals surface area contributed by atoms with Crippen molar-refractivity contribution in [2.45, 2.75) is 58.1 Å². The van der Waals surface area contributed by atoms with Gasteiger partial charge in [0.1, 0.15) is 5.75 Å². The second-order valence-corrected chi connectivity index (χ2v) is 7.09. The highest BCUT2D eigenvalue weighted by Crippen LogP contribution is 2.24. The van der Waals surface area contributed by atoms with Crippen LogP contribution in [0.2, 0.25) is 0 Å². The fourth-order valence-electron chi connectivity index (χ4n) is 2.58. The van der Waals surface area contributed by atoms with E-state index < -0.39 is 6.10 Å². The maximum Gasteiger partial charge on any atom is 0.261 e. The SMILES string of the molecule is CC(Oc1ccc(C(C)(C)C)cc1)C(=O)N[C@H]1CCCNC1.Cl. The van der Waals surface area contributed by atoms with Crippen molar-refractivity contribution in [2.24, 2.45) is 0 Å². The first-order chi connectivity index (χ1) is 10.4. The Morgan fingerprint density at radius 1 is 1.30 bits per heavy atom. The number of rotatable bonds is 4. The smallest absolute Gasteiger partial charge is 0.261 e. The summed E-state index contributed by atoms with van der Waals surface area (Å²) in [5.74, 6) is 0.686. The van der Waals surface area contributed by atoms with Crippen LogP contribution in [0.15, 0.2) is 24.3 Å². The van der Waals surface area contributed by atoms with Crippen LogP contribution in [0.5, 0.6) is 5.75 Å². The summed E-state index contributed by atoms with van der Waals surface area (Å²) in [5, 5.41) is 6.34. The van der Waals surface area contributed by atoms with Crippen LogP contribution in [0.1, 0.15) is 46.1 Å². The molecule has 2 atom stereocenters. The van der Waals surface area contributed by atoms with Crippen molar-refractivity contribution >= 4 is 18.3 Å². The van der Waals surface area contributed by atoms with Gasteiger partial charge >= 0.3 is 0 Å². The van der Waals surface area contributed by atoms with E-state index in [1.165, 1.54) is 5.56 Å². The molecule has 0 radical (unpaired) electrons. The molecule has 0 spiro atoms. The summed E-state index contributed by atoms with van der Waals surface area (Å²) in [6.07, 6.45) is 1.66. The molecular formula is C18H29ClN2O2. The quantitative estimate of drug-likeness (QED) is 0.885. The lowest BCUT2D eigenvalue weighted by Gasteiger charge is -2.25. The van der Waals surface area contributed by atoms with Crippen LogP contribution < -0.4 is 15.4 Å². The summed E-state index contributed by atoms with van der Waals surface area (Å²) in [6.45, 7) is 10.2. The van der Waals surface area contributed by atoms with E-state index in [0.29, 0.717) is 0 Å². The van der Waals surface area contributed by atoms with Crippen LogP contribution in [-0.4, -0.2) is 31.1 Å². The molecule has 23 heavy (non-hydrogen) atoms. The molecule has 0 saturated carbocycles. The van der Waals surface area contributed by atoms with Gasteiger partial charge in [-0.1, -0.05) is 32.9 Å². The third kappa shape index (κ3) is 6.04. The minimum atomic E-state index is -0.484. The Labute approximate surface area is 145 Å². The first-order valence-electron chi connectivity index (χ1n) is 8.14. The molecule has 1 amide bonds. The third-order valence-electron chi connectivity index (χ3n) is 4.05. The summed E-state index contributed by atoms with van der Waals surface area (Å²) in [7, 11) is 0. The fraction of sp³-hybridized carbons (Fsp3) is 0.611. The number of piperidine rings is 1. The van der Waals surface area contributed by atoms with Gasteiger partial charge in [-0.3, -0.25) is 4.79 Å². The minimum absolute atomic E-state index is 0. The monoisotopic (exact) mass is 340 g/mol. The van der Waals surface area contributed by atoms with Crippen molar-refractivity contribution in [3.8, 4) is 5.75 Å². The van der Waals surface area contributed by atoms with E-state index in [-0.39, 0.29) is 29.8 Å². The highest BCUT2D eigenvalue weighted by atomic mass is 35.5. The van der Waals surface area contributed by atoms with Crippen LogP contribution >= 0.6 is 12.4 Å². The van der Waals surface area contributed by atoms with E-state index in [1.54, 1.807) is 6.92 Å². The Morgan fingerprint density at radius 2 is 1.96 bits per heavy atom. The lowest BCUT2D eigenvalue weighted by atomic mass is 9.87. The zero-order valence-electron chi connectivity index (χ0n) is 14.5. The summed E-state index contributed by atoms with van der Waals surface area (Å²) in [6, 6.07) is 8.21. The average Bonchev–Trinajstić information content (AvgIpc) is 2.48. The largest absolute Gasteiger partial charge is 0.481 e. The molecule has 5 heteroatoms. The molecule has 1 unspecified atom stereocenters. The predicted octanol–water partition coefficient (Wildman–Crippen LogP) is 3.04. The minimum Gasteiger partial charge on any atom is -0.481 e. The molecule has 2 N–H and O–H groups in total. The predicted molar refractivity (Wildman–Crippen MR) is 96.5 cm³/mol. The van der Waals surface area contributed by atoms with E-state index in [1.807, 2.05) is 12.1 Å². The summed E-state index contributed by atoms with van der Waals surface area (Å²) < 4.78 is 5.75. The Bertz CT molecular complexity index is 491. The summed E-state index contributed by atoms with van der Waals surface area (Å²) in [5.41, 5.74) is 1.38. The maximum absolute atomic E-state index is 12.2. The van der Waals surface area contributed by atoms with Crippen LogP contribution in [0.25, 0.3) is 0 Å². The second kappa shape index (κ2) is 8.55. The van der Waals surface area contributed by atoms with E-state index in [4.69, 9.17) is 4.74 Å². The van der Waals surface area contributed by atoms with E-state index in [9.17, 15) is 4.79 Å². The average molecular weight is 341 g/mol. The fourth-order valence-corrected chi connectivity index (χ4v) is 2.58. The van der Waals surface area contributed by atoms with Gasteiger partial charge < -0.3 is 15.4 Å². The molecule has 1 heterocycles. The highest BCUT2D eigenvalue weighted by molar-refractivity contribution is 5.85. The Morgan fingerprint density at radius 3 is 2.48 bits per heavy atom. The van der Waals surface area contributed by atoms with Gasteiger partial charge in [-0.05, 0) is 49.4 Å². The molecule has 1 fully saturated rings. The van der Waals surface area contributed by atoms with Crippen molar-refractivity contribution < 1.29 is 9.53 Å². The first-order valence-corrected chi connectivity index (χ1v) is 8.14. The standard InChI is InChI=1S/C18H28N2O2.ClH/c1-13(17(21)20-15-6-5-11-19-12-15)22-16-9-7-14(8-10-16)18(2,3)4;/h7-10,13,15,19H,5-6,11-12H2,1-4H3,(H,20,21);1H/t13?,15-;/m0./s1. The molecule has 2 rings (SSSR count). The molecule has 0 aliphatic carbocycles. The Kier molecular flexibility index (Phi) is 7.36. The van der Waals surface area contributed by atoms with Gasteiger partial charge in [0.15, 0.2) is 6.10 Å². The van der Waals surface area contributed by atoms with Gasteiger partial charge in [-0.25, -0.2) is 0 Å². The van der Waals surface area contributed by atoms with Gasteiger partial charge in [0.05, 0.1) is 0 Å². The zero-order valence-corrected chi connectivity index (χ0v) is 15.3. The van der Waals surface area contributed by atoms with Crippen molar-refractivity contribution in [3.05, 3.63) is 29.8 Å². The molecule has 1 aliphatic rings. The molecule has 1 saturated heterocycles. The summed E-state index contributed by atoms with van der Waals surface area (Å²) in [4.78, 5) is 12.2. The number of carbonyl (C=O) groups is 1. The zero-order chi connectivity index (χ0) is 16.2. The van der Waals surface area contributed by atoms with Gasteiger partial charge in [0, 0.05) is 12.6 Å². The number of hydrogen-bond acceptors (Lipinski definition) is 3. The molecule has 1 aliphatic heterocycles. The Balaban J connectivity index is 0.00000264. The molecule has 1 aromatic rings. The molecule has 4 nitrogen and oxygen atoms in total. The molecule has 130 valence electrons. The number of benzene rings is 1. The topological polar surface area (TPSA) is 50.4 Å². The number of halogens is 1. The van der Waals surface area contributed by atoms with Crippen molar-refractivity contribution in [1.82, 2.24) is 10.6 Å². The summed E-state index contributed by atoms with van der Waals surface area (Å²) >= 11 is 0. The number of nitrogens with one attached hydrogen (secondary N) is 2. The third-order valence-corrected chi connectivity index (χ3v) is 4.05. The van der Waals surface area contributed by atoms with Crippen LogP contribution in [-0.2, 0) is 10.2 Å². The molecular weight excluding hydrogens is 312 g/mol. The molecule has 1 aromatic carbocycles. The van der Waals surface area contributed by atoms with Crippen molar-refractivity contribution in [3.63, 3.8) is 0 Å². The van der Waals surface area contributed by atoms with Crippen LogP contribution in [0.4, 0.5) is 0 Å². The Hall–Kier alpha value is -1.26. The van der Waals surface area contributed by atoms with E-state index >= 15 is 0 Å². The van der Waals surface area contributed by atoms with Crippen LogP contribution in [0.3, 0.4) is 0 Å². The van der Waals surface area contributed by atoms with Gasteiger partial charge in [0.2, 0.25) is 0 Å². The number of carbonyl (C=O) groups excluding carboxylic acids is 1. The second-order valence-electron chi connectivity index (χ2n) is 7.09. The van der Waals surface area contributed by atoms with E-state index in [2.05, 4.69) is 43.5 Å². The lowest BCUT2D eigenvalue weighted by Crippen LogP contribution is -2.49. The number of ether oxygens (including phenoxy) is 1. The van der Waals surface area contributed by atoms with Crippen molar-refractivity contribution in [1.29, 1.82) is 0 Å². The van der Waals surface area contributed by atoms with Crippen molar-refractivity contribution in [2.75, 3.05) is 13.1 Å².